The Morgan fingerprint density at radius 2 is 2.12 bits per heavy atom. The molecular weight excluding hydrogens is 198 g/mol. The lowest BCUT2D eigenvalue weighted by Gasteiger charge is -2.06. The van der Waals surface area contributed by atoms with Crippen molar-refractivity contribution in [3.8, 4) is 0 Å². The average molecular weight is 221 g/mol. The van der Waals surface area contributed by atoms with Crippen molar-refractivity contribution in [3.63, 3.8) is 0 Å². The largest absolute Gasteiger partial charge is 0.380 e. The van der Waals surface area contributed by atoms with Crippen LogP contribution >= 0.6 is 0 Å². The van der Waals surface area contributed by atoms with Crippen LogP contribution in [0.1, 0.15) is 30.9 Å². The molecule has 0 aliphatic carbocycles. The molecule has 0 fully saturated rings. The third kappa shape index (κ3) is 5.89. The molecule has 0 amide bonds. The predicted octanol–water partition coefficient (Wildman–Crippen LogP) is 2.90. The highest BCUT2D eigenvalue weighted by Crippen LogP contribution is 2.02. The molecule has 0 atom stereocenters. The third-order valence-corrected chi connectivity index (χ3v) is 2.48. The van der Waals surface area contributed by atoms with Gasteiger partial charge in [-0.3, -0.25) is 0 Å². The molecule has 0 saturated heterocycles. The monoisotopic (exact) mass is 221 g/mol. The van der Waals surface area contributed by atoms with E-state index in [2.05, 4.69) is 43.4 Å². The Morgan fingerprint density at radius 3 is 2.88 bits per heavy atom. The van der Waals surface area contributed by atoms with Crippen LogP contribution in [0.15, 0.2) is 24.3 Å². The van der Waals surface area contributed by atoms with Gasteiger partial charge in [0.15, 0.2) is 0 Å². The van der Waals surface area contributed by atoms with E-state index in [0.717, 1.165) is 32.7 Å². The van der Waals surface area contributed by atoms with E-state index in [9.17, 15) is 0 Å². The first-order valence-electron chi connectivity index (χ1n) is 6.17. The Kier molecular flexibility index (Phi) is 6.86. The zero-order valence-electron chi connectivity index (χ0n) is 10.5. The van der Waals surface area contributed by atoms with Gasteiger partial charge < -0.3 is 10.1 Å². The number of benzene rings is 1. The summed E-state index contributed by atoms with van der Waals surface area (Å²) < 4.78 is 5.47. The molecule has 2 nitrogen and oxygen atoms in total. The van der Waals surface area contributed by atoms with E-state index in [0.29, 0.717) is 0 Å². The lowest BCUT2D eigenvalue weighted by Crippen LogP contribution is -2.19. The number of nitrogens with one attached hydrogen (secondary N) is 1. The summed E-state index contributed by atoms with van der Waals surface area (Å²) >= 11 is 0. The van der Waals surface area contributed by atoms with Crippen LogP contribution in [0.2, 0.25) is 0 Å². The summed E-state index contributed by atoms with van der Waals surface area (Å²) in [5.41, 5.74) is 2.66. The average Bonchev–Trinajstić information content (AvgIpc) is 2.28. The van der Waals surface area contributed by atoms with Gasteiger partial charge in [0.25, 0.3) is 0 Å². The van der Waals surface area contributed by atoms with E-state index < -0.39 is 0 Å². The van der Waals surface area contributed by atoms with E-state index in [-0.39, 0.29) is 0 Å². The van der Waals surface area contributed by atoms with Crippen LogP contribution < -0.4 is 5.32 Å². The summed E-state index contributed by atoms with van der Waals surface area (Å²) in [6, 6.07) is 8.59. The van der Waals surface area contributed by atoms with Crippen LogP contribution in [-0.4, -0.2) is 19.8 Å². The second-order valence-electron chi connectivity index (χ2n) is 4.13. The highest BCUT2D eigenvalue weighted by Gasteiger charge is 1.93. The van der Waals surface area contributed by atoms with Gasteiger partial charge in [-0.25, -0.2) is 0 Å². The van der Waals surface area contributed by atoms with E-state index in [1.165, 1.54) is 17.5 Å². The fourth-order valence-corrected chi connectivity index (χ4v) is 1.55. The second kappa shape index (κ2) is 8.31. The van der Waals surface area contributed by atoms with Gasteiger partial charge in [0.1, 0.15) is 0 Å². The van der Waals surface area contributed by atoms with Crippen LogP contribution in [0.3, 0.4) is 0 Å². The summed E-state index contributed by atoms with van der Waals surface area (Å²) in [6.07, 6.45) is 2.37. The van der Waals surface area contributed by atoms with E-state index in [1.807, 2.05) is 0 Å². The molecule has 0 saturated carbocycles. The number of unbranched alkanes of at least 4 members (excludes halogenated alkanes) is 1. The molecule has 0 spiro atoms. The van der Waals surface area contributed by atoms with Crippen molar-refractivity contribution in [3.05, 3.63) is 35.4 Å². The third-order valence-electron chi connectivity index (χ3n) is 2.48. The molecule has 0 heterocycles. The first-order chi connectivity index (χ1) is 7.83. The van der Waals surface area contributed by atoms with Crippen molar-refractivity contribution >= 4 is 0 Å². The van der Waals surface area contributed by atoms with Gasteiger partial charge in [0, 0.05) is 19.7 Å². The van der Waals surface area contributed by atoms with Crippen molar-refractivity contribution < 1.29 is 4.74 Å². The number of hydrogen-bond donors (Lipinski definition) is 1. The lowest BCUT2D eigenvalue weighted by molar-refractivity contribution is 0.133. The molecule has 1 rings (SSSR count). The van der Waals surface area contributed by atoms with Crippen molar-refractivity contribution in [2.75, 3.05) is 19.8 Å². The Balaban J connectivity index is 2.03. The molecule has 1 aromatic carbocycles. The fourth-order valence-electron chi connectivity index (χ4n) is 1.55. The number of aryl methyl sites for hydroxylation is 1. The van der Waals surface area contributed by atoms with Crippen molar-refractivity contribution in [1.82, 2.24) is 5.32 Å². The Morgan fingerprint density at radius 1 is 1.25 bits per heavy atom. The van der Waals surface area contributed by atoms with E-state index in [1.54, 1.807) is 0 Å². The van der Waals surface area contributed by atoms with Crippen molar-refractivity contribution in [1.29, 1.82) is 0 Å². The van der Waals surface area contributed by atoms with Gasteiger partial charge in [-0.1, -0.05) is 43.2 Å². The number of ether oxygens (including phenoxy) is 1. The molecule has 0 radical (unpaired) electrons. The maximum atomic E-state index is 5.47. The SMILES string of the molecule is CCCCOCCNCc1cccc(C)c1. The van der Waals surface area contributed by atoms with Crippen molar-refractivity contribution in [2.24, 2.45) is 0 Å². The molecule has 90 valence electrons. The predicted molar refractivity (Wildman–Crippen MR) is 68.6 cm³/mol. The topological polar surface area (TPSA) is 21.3 Å². The Bertz CT molecular complexity index is 286. The summed E-state index contributed by atoms with van der Waals surface area (Å²) in [5.74, 6) is 0. The normalized spacial score (nSPS) is 10.6. The Hall–Kier alpha value is -0.860. The summed E-state index contributed by atoms with van der Waals surface area (Å²) in [7, 11) is 0. The highest BCUT2D eigenvalue weighted by molar-refractivity contribution is 5.21. The summed E-state index contributed by atoms with van der Waals surface area (Å²) in [6.45, 7) is 7.86. The van der Waals surface area contributed by atoms with E-state index >= 15 is 0 Å². The minimum Gasteiger partial charge on any atom is -0.380 e. The zero-order valence-corrected chi connectivity index (χ0v) is 10.5. The second-order valence-corrected chi connectivity index (χ2v) is 4.13. The minimum absolute atomic E-state index is 0.811. The zero-order chi connectivity index (χ0) is 11.6. The first-order valence-corrected chi connectivity index (χ1v) is 6.17. The molecule has 0 bridgehead atoms. The molecule has 0 aliphatic heterocycles. The molecule has 16 heavy (non-hydrogen) atoms. The molecule has 0 aromatic heterocycles. The van der Waals surface area contributed by atoms with Crippen LogP contribution in [0.5, 0.6) is 0 Å². The summed E-state index contributed by atoms with van der Waals surface area (Å²) in [4.78, 5) is 0. The van der Waals surface area contributed by atoms with Crippen molar-refractivity contribution in [2.45, 2.75) is 33.2 Å². The van der Waals surface area contributed by atoms with Gasteiger partial charge in [0.2, 0.25) is 0 Å². The van der Waals surface area contributed by atoms with E-state index in [4.69, 9.17) is 4.74 Å². The maximum Gasteiger partial charge on any atom is 0.0591 e. The maximum absolute atomic E-state index is 5.47. The minimum atomic E-state index is 0.811. The van der Waals surface area contributed by atoms with Crippen LogP contribution in [0, 0.1) is 6.92 Å². The summed E-state index contributed by atoms with van der Waals surface area (Å²) in [5, 5.41) is 3.38. The standard InChI is InChI=1S/C14H23NO/c1-3-4-9-16-10-8-15-12-14-7-5-6-13(2)11-14/h5-7,11,15H,3-4,8-10,12H2,1-2H3. The van der Waals surface area contributed by atoms with Crippen LogP contribution in [0.25, 0.3) is 0 Å². The lowest BCUT2D eigenvalue weighted by atomic mass is 10.1. The van der Waals surface area contributed by atoms with Gasteiger partial charge >= 0.3 is 0 Å². The smallest absolute Gasteiger partial charge is 0.0591 e. The van der Waals surface area contributed by atoms with Gasteiger partial charge in [0.05, 0.1) is 6.61 Å². The van der Waals surface area contributed by atoms with Gasteiger partial charge in [-0.2, -0.15) is 0 Å². The van der Waals surface area contributed by atoms with Crippen LogP contribution in [0.4, 0.5) is 0 Å². The molecule has 1 aromatic rings. The van der Waals surface area contributed by atoms with Gasteiger partial charge in [-0.05, 0) is 18.9 Å². The molecular formula is C14H23NO. The molecule has 0 aliphatic rings. The highest BCUT2D eigenvalue weighted by atomic mass is 16.5. The quantitative estimate of drug-likeness (QED) is 0.682. The molecule has 2 heteroatoms. The fraction of sp³-hybridized carbons (Fsp3) is 0.571. The Labute approximate surface area is 99.0 Å². The number of hydrogen-bond acceptors (Lipinski definition) is 2. The molecule has 0 unspecified atom stereocenters. The first kappa shape index (κ1) is 13.2. The number of rotatable bonds is 8. The van der Waals surface area contributed by atoms with Gasteiger partial charge in [-0.15, -0.1) is 0 Å². The molecule has 1 N–H and O–H groups in total. The van der Waals surface area contributed by atoms with Crippen LogP contribution in [-0.2, 0) is 11.3 Å².